The molecule has 0 spiro atoms. The van der Waals surface area contributed by atoms with Crippen molar-refractivity contribution in [1.82, 2.24) is 9.88 Å². The van der Waals surface area contributed by atoms with Crippen molar-refractivity contribution in [2.45, 2.75) is 25.5 Å². The van der Waals surface area contributed by atoms with Crippen molar-refractivity contribution in [2.75, 3.05) is 20.2 Å². The summed E-state index contributed by atoms with van der Waals surface area (Å²) in [5.74, 6) is 5.50. The minimum absolute atomic E-state index is 0.249. The topological polar surface area (TPSA) is 65.6 Å². The van der Waals surface area contributed by atoms with Crippen LogP contribution in [0.3, 0.4) is 0 Å². The largest absolute Gasteiger partial charge is 0.478 e. The number of methoxy groups -OCH3 is 1. The molecule has 0 unspecified atom stereocenters. The van der Waals surface area contributed by atoms with Gasteiger partial charge in [0.2, 0.25) is 0 Å². The Balaban J connectivity index is 1.39. The number of benzene rings is 3. The number of likely N-dealkylation sites (tertiary alicyclic amines) is 1. The van der Waals surface area contributed by atoms with Crippen LogP contribution < -0.4 is 0 Å². The number of aromatic amines is 1. The second kappa shape index (κ2) is 10.2. The van der Waals surface area contributed by atoms with Gasteiger partial charge in [-0.2, -0.15) is 0 Å². The highest BCUT2D eigenvalue weighted by Crippen LogP contribution is 2.30. The normalized spacial score (nSPS) is 14.5. The van der Waals surface area contributed by atoms with E-state index in [2.05, 4.69) is 33.9 Å². The van der Waals surface area contributed by atoms with Crippen molar-refractivity contribution in [3.63, 3.8) is 0 Å². The molecular weight excluding hydrogens is 436 g/mol. The molecule has 0 saturated carbocycles. The number of nitrogens with one attached hydrogen (secondary N) is 1. The molecule has 2 N–H and O–H groups in total. The zero-order valence-corrected chi connectivity index (χ0v) is 19.8. The molecule has 1 fully saturated rings. The van der Waals surface area contributed by atoms with Crippen LogP contribution in [-0.2, 0) is 11.3 Å². The first-order valence-electron chi connectivity index (χ1n) is 11.9. The summed E-state index contributed by atoms with van der Waals surface area (Å²) in [5, 5.41) is 10.9. The Bertz CT molecular complexity index is 1400. The summed E-state index contributed by atoms with van der Waals surface area (Å²) in [6.45, 7) is 3.03. The zero-order chi connectivity index (χ0) is 24.2. The number of carboxylic acid groups (broad SMARTS) is 1. The maximum absolute atomic E-state index is 12.0. The Morgan fingerprint density at radius 3 is 2.60 bits per heavy atom. The van der Waals surface area contributed by atoms with E-state index in [-0.39, 0.29) is 5.56 Å². The number of hydrogen-bond acceptors (Lipinski definition) is 3. The lowest BCUT2D eigenvalue weighted by molar-refractivity contribution is 0.0388. The van der Waals surface area contributed by atoms with Crippen LogP contribution in [0.4, 0.5) is 0 Å². The molecule has 0 atom stereocenters. The minimum Gasteiger partial charge on any atom is -0.478 e. The number of ether oxygens (including phenoxy) is 1. The molecule has 0 bridgehead atoms. The van der Waals surface area contributed by atoms with E-state index in [1.165, 1.54) is 5.56 Å². The van der Waals surface area contributed by atoms with E-state index in [1.54, 1.807) is 19.2 Å². The molecule has 5 heteroatoms. The monoisotopic (exact) mass is 464 g/mol. The smallest absolute Gasteiger partial charge is 0.336 e. The van der Waals surface area contributed by atoms with E-state index in [0.717, 1.165) is 54.5 Å². The summed E-state index contributed by atoms with van der Waals surface area (Å²) in [4.78, 5) is 17.6. The van der Waals surface area contributed by atoms with Crippen LogP contribution in [0.15, 0.2) is 72.9 Å². The third kappa shape index (κ3) is 5.14. The van der Waals surface area contributed by atoms with Crippen molar-refractivity contribution < 1.29 is 14.6 Å². The lowest BCUT2D eigenvalue weighted by atomic mass is 9.93. The van der Waals surface area contributed by atoms with Gasteiger partial charge in [-0.15, -0.1) is 0 Å². The maximum atomic E-state index is 12.0. The van der Waals surface area contributed by atoms with Gasteiger partial charge < -0.3 is 14.8 Å². The highest BCUT2D eigenvalue weighted by atomic mass is 16.5. The summed E-state index contributed by atoms with van der Waals surface area (Å²) in [7, 11) is 1.79. The van der Waals surface area contributed by atoms with Crippen molar-refractivity contribution in [3.05, 3.63) is 95.2 Å². The average molecular weight is 465 g/mol. The summed E-state index contributed by atoms with van der Waals surface area (Å²) in [6, 6.07) is 21.5. The molecule has 5 nitrogen and oxygen atoms in total. The van der Waals surface area contributed by atoms with Crippen LogP contribution in [0, 0.1) is 11.8 Å². The van der Waals surface area contributed by atoms with Gasteiger partial charge in [0.05, 0.1) is 11.7 Å². The quantitative estimate of drug-likeness (QED) is 0.381. The van der Waals surface area contributed by atoms with Gasteiger partial charge in [-0.1, -0.05) is 36.1 Å². The van der Waals surface area contributed by atoms with E-state index >= 15 is 0 Å². The van der Waals surface area contributed by atoms with Gasteiger partial charge >= 0.3 is 5.97 Å². The molecule has 1 aliphatic heterocycles. The maximum Gasteiger partial charge on any atom is 0.336 e. The lowest BCUT2D eigenvalue weighted by Crippen LogP contribution is -2.36. The van der Waals surface area contributed by atoms with Crippen molar-refractivity contribution in [1.29, 1.82) is 0 Å². The van der Waals surface area contributed by atoms with Crippen molar-refractivity contribution in [2.24, 2.45) is 0 Å². The number of nitrogens with zero attached hydrogens (tertiary/aromatic N) is 1. The number of piperidine rings is 1. The molecule has 0 radical (unpaired) electrons. The van der Waals surface area contributed by atoms with Crippen LogP contribution in [0.2, 0.25) is 0 Å². The number of carboxylic acids is 1. The number of H-pyrrole nitrogens is 1. The second-order valence-corrected chi connectivity index (χ2v) is 8.97. The first-order chi connectivity index (χ1) is 17.1. The van der Waals surface area contributed by atoms with E-state index in [9.17, 15) is 9.90 Å². The summed E-state index contributed by atoms with van der Waals surface area (Å²) < 4.78 is 5.47. The molecule has 3 aromatic carbocycles. The van der Waals surface area contributed by atoms with Gasteiger partial charge in [0.15, 0.2) is 0 Å². The summed E-state index contributed by atoms with van der Waals surface area (Å²) in [6.07, 6.45) is 4.42. The Labute approximate surface area is 205 Å². The molecule has 5 rings (SSSR count). The first-order valence-corrected chi connectivity index (χ1v) is 11.9. The van der Waals surface area contributed by atoms with Gasteiger partial charge in [0.1, 0.15) is 0 Å². The lowest BCUT2D eigenvalue weighted by Gasteiger charge is -2.31. The first kappa shape index (κ1) is 22.9. The summed E-state index contributed by atoms with van der Waals surface area (Å²) >= 11 is 0. The van der Waals surface area contributed by atoms with Gasteiger partial charge in [-0.25, -0.2) is 4.79 Å². The van der Waals surface area contributed by atoms with E-state index < -0.39 is 5.97 Å². The van der Waals surface area contributed by atoms with Crippen molar-refractivity contribution >= 4 is 16.9 Å². The number of fused-ring (bicyclic) bond motifs is 1. The van der Waals surface area contributed by atoms with E-state index in [4.69, 9.17) is 4.74 Å². The third-order valence-electron chi connectivity index (χ3n) is 6.71. The van der Waals surface area contributed by atoms with Crippen LogP contribution in [0.1, 0.15) is 39.9 Å². The fourth-order valence-corrected chi connectivity index (χ4v) is 4.75. The van der Waals surface area contributed by atoms with Gasteiger partial charge in [-0.05, 0) is 71.8 Å². The van der Waals surface area contributed by atoms with E-state index in [1.807, 2.05) is 48.7 Å². The van der Waals surface area contributed by atoms with Crippen LogP contribution in [0.5, 0.6) is 0 Å². The molecule has 0 amide bonds. The van der Waals surface area contributed by atoms with E-state index in [0.29, 0.717) is 17.2 Å². The van der Waals surface area contributed by atoms with Crippen molar-refractivity contribution in [3.8, 4) is 23.0 Å². The predicted molar refractivity (Wildman–Crippen MR) is 138 cm³/mol. The van der Waals surface area contributed by atoms with Crippen LogP contribution in [-0.4, -0.2) is 47.3 Å². The molecule has 2 heterocycles. The third-order valence-corrected chi connectivity index (χ3v) is 6.71. The fourth-order valence-electron chi connectivity index (χ4n) is 4.75. The number of aromatic carboxylic acids is 1. The average Bonchev–Trinajstić information content (AvgIpc) is 3.36. The molecule has 1 aliphatic rings. The number of hydrogen-bond donors (Lipinski definition) is 2. The highest BCUT2D eigenvalue weighted by molar-refractivity contribution is 5.99. The van der Waals surface area contributed by atoms with Gasteiger partial charge in [0, 0.05) is 55.1 Å². The molecule has 0 aliphatic carbocycles. The molecular formula is C30H28N2O3. The highest BCUT2D eigenvalue weighted by Gasteiger charge is 2.18. The van der Waals surface area contributed by atoms with Crippen LogP contribution >= 0.6 is 0 Å². The Morgan fingerprint density at radius 1 is 1.06 bits per heavy atom. The minimum atomic E-state index is -0.961. The SMILES string of the molecule is COC1CCN(Cc2ccc(C#Cc3cccc(C(=O)O)c3-c3ccc4[nH]ccc4c3)cc2)CC1. The summed E-state index contributed by atoms with van der Waals surface area (Å²) in [5.41, 5.74) is 5.61. The second-order valence-electron chi connectivity index (χ2n) is 8.97. The number of aromatic nitrogens is 1. The molecule has 1 saturated heterocycles. The number of carbonyl (C=O) groups is 1. The van der Waals surface area contributed by atoms with Crippen LogP contribution in [0.25, 0.3) is 22.0 Å². The molecule has 35 heavy (non-hydrogen) atoms. The predicted octanol–water partition coefficient (Wildman–Crippen LogP) is 5.54. The standard InChI is InChI=1S/C30H28N2O3/c1-35-26-14-17-32(18-15-26)20-22-7-5-21(6-8-22)9-10-23-3-2-4-27(30(33)34)29(23)25-11-12-28-24(19-25)13-16-31-28/h2-8,11-13,16,19,26,31H,14-15,17-18,20H2,1H3,(H,33,34). The van der Waals surface area contributed by atoms with Gasteiger partial charge in [0.25, 0.3) is 0 Å². The van der Waals surface area contributed by atoms with Gasteiger partial charge in [-0.3, -0.25) is 4.90 Å². The fraction of sp³-hybridized carbons (Fsp3) is 0.233. The molecule has 1 aromatic heterocycles. The Hall–Kier alpha value is -3.85. The molecule has 4 aromatic rings. The Kier molecular flexibility index (Phi) is 6.67. The number of rotatable bonds is 5. The zero-order valence-electron chi connectivity index (χ0n) is 19.8. The Morgan fingerprint density at radius 2 is 1.86 bits per heavy atom. The molecule has 176 valence electrons.